The van der Waals surface area contributed by atoms with Crippen LogP contribution in [-0.4, -0.2) is 30.6 Å². The van der Waals surface area contributed by atoms with E-state index in [-0.39, 0.29) is 23.8 Å². The van der Waals surface area contributed by atoms with Crippen LogP contribution in [0.1, 0.15) is 39.0 Å². The van der Waals surface area contributed by atoms with E-state index in [0.29, 0.717) is 11.3 Å². The fraction of sp³-hybridized carbons (Fsp3) is 0.562. The summed E-state index contributed by atoms with van der Waals surface area (Å²) in [5.41, 5.74) is 0. The molecule has 0 spiro atoms. The lowest BCUT2D eigenvalue weighted by atomic mass is 9.77. The first-order chi connectivity index (χ1) is 10.1. The van der Waals surface area contributed by atoms with E-state index in [0.717, 1.165) is 25.7 Å². The van der Waals surface area contributed by atoms with Gasteiger partial charge in [0.1, 0.15) is 5.78 Å². The lowest BCUT2D eigenvalue weighted by Gasteiger charge is -2.47. The molecule has 0 aliphatic carbocycles. The van der Waals surface area contributed by atoms with E-state index in [4.69, 9.17) is 0 Å². The van der Waals surface area contributed by atoms with Gasteiger partial charge < -0.3 is 0 Å². The van der Waals surface area contributed by atoms with Crippen LogP contribution in [0.25, 0.3) is 0 Å². The average molecular weight is 307 g/mol. The summed E-state index contributed by atoms with van der Waals surface area (Å²) in [5, 5.41) is 0. The number of carbonyl (C=O) groups excluding carboxylic acids is 1. The highest BCUT2D eigenvalue weighted by atomic mass is 32.2. The number of fused-ring (bicyclic) bond motifs is 2. The van der Waals surface area contributed by atoms with Crippen molar-refractivity contribution < 1.29 is 13.2 Å². The van der Waals surface area contributed by atoms with Gasteiger partial charge in [-0.05, 0) is 31.4 Å². The summed E-state index contributed by atoms with van der Waals surface area (Å²) in [4.78, 5) is 12.6. The Bertz CT molecular complexity index is 626. The molecule has 0 amide bonds. The molecule has 0 N–H and O–H groups in total. The Labute approximate surface area is 126 Å². The van der Waals surface area contributed by atoms with Gasteiger partial charge in [-0.1, -0.05) is 31.5 Å². The first-order valence-electron chi connectivity index (χ1n) is 7.67. The molecule has 1 aromatic carbocycles. The summed E-state index contributed by atoms with van der Waals surface area (Å²) in [6.07, 6.45) is 3.70. The Morgan fingerprint density at radius 3 is 2.57 bits per heavy atom. The predicted octanol–water partition coefficient (Wildman–Crippen LogP) is 2.60. The zero-order valence-corrected chi connectivity index (χ0v) is 13.1. The molecule has 2 heterocycles. The Kier molecular flexibility index (Phi) is 3.88. The van der Waals surface area contributed by atoms with E-state index < -0.39 is 10.0 Å². The number of nitrogens with zero attached hydrogens (tertiary/aromatic N) is 1. The topological polar surface area (TPSA) is 54.5 Å². The van der Waals surface area contributed by atoms with Crippen LogP contribution in [-0.2, 0) is 14.8 Å². The molecule has 21 heavy (non-hydrogen) atoms. The summed E-state index contributed by atoms with van der Waals surface area (Å²) in [5.74, 6) is 0.103. The Morgan fingerprint density at radius 1 is 1.19 bits per heavy atom. The molecule has 3 rings (SSSR count). The van der Waals surface area contributed by atoms with Crippen LogP contribution in [0.4, 0.5) is 0 Å². The highest BCUT2D eigenvalue weighted by Crippen LogP contribution is 2.40. The van der Waals surface area contributed by atoms with Crippen molar-refractivity contribution in [2.75, 3.05) is 0 Å². The molecule has 2 saturated heterocycles. The highest BCUT2D eigenvalue weighted by Gasteiger charge is 2.48. The lowest BCUT2D eigenvalue weighted by molar-refractivity contribution is -0.130. The first-order valence-corrected chi connectivity index (χ1v) is 9.11. The Hall–Kier alpha value is -1.20. The van der Waals surface area contributed by atoms with Gasteiger partial charge in [0.25, 0.3) is 0 Å². The van der Waals surface area contributed by atoms with Crippen LogP contribution in [0.3, 0.4) is 0 Å². The van der Waals surface area contributed by atoms with Gasteiger partial charge in [0.2, 0.25) is 10.0 Å². The largest absolute Gasteiger partial charge is 0.299 e. The van der Waals surface area contributed by atoms with Crippen molar-refractivity contribution in [2.45, 2.75) is 56.0 Å². The van der Waals surface area contributed by atoms with E-state index >= 15 is 0 Å². The molecule has 2 bridgehead atoms. The molecule has 2 fully saturated rings. The minimum Gasteiger partial charge on any atom is -0.299 e. The minimum absolute atomic E-state index is 0.139. The van der Waals surface area contributed by atoms with Crippen molar-refractivity contribution in [3.05, 3.63) is 30.3 Å². The zero-order chi connectivity index (χ0) is 15.0. The fourth-order valence-corrected chi connectivity index (χ4v) is 5.77. The molecule has 4 nitrogen and oxygen atoms in total. The van der Waals surface area contributed by atoms with Crippen LogP contribution < -0.4 is 0 Å². The number of ketones is 1. The van der Waals surface area contributed by atoms with Gasteiger partial charge in [-0.3, -0.25) is 4.79 Å². The number of Topliss-reactive ketones (excluding diaryl/α,β-unsaturated/α-hetero) is 1. The smallest absolute Gasteiger partial charge is 0.243 e. The predicted molar refractivity (Wildman–Crippen MR) is 80.3 cm³/mol. The number of rotatable bonds is 3. The molecule has 114 valence electrons. The van der Waals surface area contributed by atoms with Crippen molar-refractivity contribution in [1.82, 2.24) is 4.31 Å². The van der Waals surface area contributed by atoms with Gasteiger partial charge in [-0.25, -0.2) is 8.42 Å². The van der Waals surface area contributed by atoms with Gasteiger partial charge in [0.15, 0.2) is 0 Å². The van der Waals surface area contributed by atoms with E-state index in [1.165, 1.54) is 0 Å². The van der Waals surface area contributed by atoms with Gasteiger partial charge in [-0.2, -0.15) is 4.31 Å². The summed E-state index contributed by atoms with van der Waals surface area (Å²) in [6.45, 7) is 1.98. The molecule has 3 atom stereocenters. The third-order valence-electron chi connectivity index (χ3n) is 4.80. The molecule has 2 aliphatic rings. The van der Waals surface area contributed by atoms with Crippen molar-refractivity contribution in [2.24, 2.45) is 5.92 Å². The first kappa shape index (κ1) is 14.7. The lowest BCUT2D eigenvalue weighted by Crippen LogP contribution is -2.58. The Balaban J connectivity index is 2.02. The summed E-state index contributed by atoms with van der Waals surface area (Å²) in [6, 6.07) is 8.29. The number of sulfonamides is 1. The standard InChI is InChI=1S/C16H21NO3S/c1-2-14-15-10-6-7-12(11-16(14)18)17(15)21(19,20)13-8-4-3-5-9-13/h3-5,8-9,12,14-15H,2,6-7,10-11H2,1H3/t12-,14-,15+/m0/s1. The third kappa shape index (κ3) is 2.42. The molecule has 5 heteroatoms. The number of hydrogen-bond acceptors (Lipinski definition) is 3. The van der Waals surface area contributed by atoms with Gasteiger partial charge in [0, 0.05) is 24.4 Å². The van der Waals surface area contributed by atoms with Gasteiger partial charge in [0.05, 0.1) is 4.90 Å². The minimum atomic E-state index is -3.51. The third-order valence-corrected chi connectivity index (χ3v) is 6.79. The SMILES string of the molecule is CC[C@@H]1C(=O)C[C@@H]2CCC[C@H]1N2S(=O)(=O)c1ccccc1. The van der Waals surface area contributed by atoms with Crippen LogP contribution in [0.2, 0.25) is 0 Å². The van der Waals surface area contributed by atoms with Crippen LogP contribution >= 0.6 is 0 Å². The maximum atomic E-state index is 13.0. The van der Waals surface area contributed by atoms with E-state index in [1.54, 1.807) is 28.6 Å². The quantitative estimate of drug-likeness (QED) is 0.862. The number of carbonyl (C=O) groups is 1. The second kappa shape index (κ2) is 5.54. The summed E-state index contributed by atoms with van der Waals surface area (Å²) < 4.78 is 27.6. The molecule has 0 aromatic heterocycles. The van der Waals surface area contributed by atoms with Gasteiger partial charge in [-0.15, -0.1) is 0 Å². The molecule has 0 radical (unpaired) electrons. The molecule has 0 unspecified atom stereocenters. The summed E-state index contributed by atoms with van der Waals surface area (Å²) >= 11 is 0. The Morgan fingerprint density at radius 2 is 1.90 bits per heavy atom. The molecular weight excluding hydrogens is 286 g/mol. The molecule has 0 saturated carbocycles. The van der Waals surface area contributed by atoms with Crippen LogP contribution in [0.5, 0.6) is 0 Å². The van der Waals surface area contributed by atoms with E-state index in [2.05, 4.69) is 0 Å². The van der Waals surface area contributed by atoms with Crippen molar-refractivity contribution >= 4 is 15.8 Å². The molecule has 2 aliphatic heterocycles. The fourth-order valence-electron chi connectivity index (χ4n) is 3.85. The number of piperidine rings is 2. The second-order valence-electron chi connectivity index (χ2n) is 5.99. The summed E-state index contributed by atoms with van der Waals surface area (Å²) in [7, 11) is -3.51. The number of hydrogen-bond donors (Lipinski definition) is 0. The molecule has 1 aromatic rings. The van der Waals surface area contributed by atoms with Gasteiger partial charge >= 0.3 is 0 Å². The normalized spacial score (nSPS) is 30.3. The maximum absolute atomic E-state index is 13.0. The van der Waals surface area contributed by atoms with Crippen LogP contribution in [0.15, 0.2) is 35.2 Å². The highest BCUT2D eigenvalue weighted by molar-refractivity contribution is 7.89. The van der Waals surface area contributed by atoms with E-state index in [9.17, 15) is 13.2 Å². The van der Waals surface area contributed by atoms with Crippen molar-refractivity contribution in [3.8, 4) is 0 Å². The molecular formula is C16H21NO3S. The second-order valence-corrected chi connectivity index (χ2v) is 7.83. The maximum Gasteiger partial charge on any atom is 0.243 e. The van der Waals surface area contributed by atoms with Crippen molar-refractivity contribution in [1.29, 1.82) is 0 Å². The number of benzene rings is 1. The van der Waals surface area contributed by atoms with E-state index in [1.807, 2.05) is 13.0 Å². The van der Waals surface area contributed by atoms with Crippen LogP contribution in [0, 0.1) is 5.92 Å². The monoisotopic (exact) mass is 307 g/mol. The average Bonchev–Trinajstić information content (AvgIpc) is 2.48. The van der Waals surface area contributed by atoms with Crippen molar-refractivity contribution in [3.63, 3.8) is 0 Å². The zero-order valence-electron chi connectivity index (χ0n) is 12.2.